The van der Waals surface area contributed by atoms with Gasteiger partial charge in [-0.2, -0.15) is 0 Å². The highest BCUT2D eigenvalue weighted by Crippen LogP contribution is 2.40. The highest BCUT2D eigenvalue weighted by Gasteiger charge is 2.17. The third-order valence-electron chi connectivity index (χ3n) is 8.83. The standard InChI is InChI=1S/C41H26N2/c1-3-7-30-23-33(10-9-27(30)5-1)34-13-17-38-39-18-14-35-24-32(29-19-21-42-22-20-29)12-16-37(35)41(39)43(40(38)26-34)36-15-11-28-6-2-4-8-31(28)25-36/h1-26H. The van der Waals surface area contributed by atoms with Crippen molar-refractivity contribution in [2.45, 2.75) is 0 Å². The van der Waals surface area contributed by atoms with Crippen molar-refractivity contribution in [3.63, 3.8) is 0 Å². The van der Waals surface area contributed by atoms with Gasteiger partial charge < -0.3 is 4.57 Å². The van der Waals surface area contributed by atoms with E-state index in [2.05, 4.69) is 155 Å². The van der Waals surface area contributed by atoms with E-state index in [1.54, 1.807) is 0 Å². The summed E-state index contributed by atoms with van der Waals surface area (Å²) in [6.07, 6.45) is 3.71. The molecular formula is C41H26N2. The van der Waals surface area contributed by atoms with E-state index in [-0.39, 0.29) is 0 Å². The lowest BCUT2D eigenvalue weighted by Gasteiger charge is -2.12. The Bertz CT molecular complexity index is 2500. The van der Waals surface area contributed by atoms with Crippen LogP contribution in [0.25, 0.3) is 82.1 Å². The van der Waals surface area contributed by atoms with Gasteiger partial charge in [0.05, 0.1) is 11.0 Å². The fourth-order valence-electron chi connectivity index (χ4n) is 6.69. The number of nitrogens with zero attached hydrogens (tertiary/aromatic N) is 2. The zero-order valence-corrected chi connectivity index (χ0v) is 23.4. The summed E-state index contributed by atoms with van der Waals surface area (Å²) in [5.74, 6) is 0. The minimum atomic E-state index is 1.17. The molecule has 2 aromatic heterocycles. The molecule has 7 aromatic carbocycles. The molecule has 43 heavy (non-hydrogen) atoms. The molecule has 0 N–H and O–H groups in total. The van der Waals surface area contributed by atoms with E-state index in [1.807, 2.05) is 12.4 Å². The van der Waals surface area contributed by atoms with Crippen LogP contribution in [-0.4, -0.2) is 9.55 Å². The smallest absolute Gasteiger partial charge is 0.0619 e. The molecule has 0 saturated carbocycles. The number of aromatic nitrogens is 2. The maximum absolute atomic E-state index is 4.21. The summed E-state index contributed by atoms with van der Waals surface area (Å²) in [6, 6.07) is 53.2. The van der Waals surface area contributed by atoms with E-state index in [0.29, 0.717) is 0 Å². The molecule has 2 heterocycles. The predicted molar refractivity (Wildman–Crippen MR) is 182 cm³/mol. The molecule has 200 valence electrons. The van der Waals surface area contributed by atoms with Crippen molar-refractivity contribution in [2.75, 3.05) is 0 Å². The zero-order chi connectivity index (χ0) is 28.3. The van der Waals surface area contributed by atoms with E-state index in [9.17, 15) is 0 Å². The Kier molecular flexibility index (Phi) is 5.23. The molecule has 0 unspecified atom stereocenters. The van der Waals surface area contributed by atoms with Crippen LogP contribution in [0.4, 0.5) is 0 Å². The summed E-state index contributed by atoms with van der Waals surface area (Å²) in [7, 11) is 0. The fraction of sp³-hybridized carbons (Fsp3) is 0. The summed E-state index contributed by atoms with van der Waals surface area (Å²) < 4.78 is 2.47. The number of fused-ring (bicyclic) bond motifs is 7. The van der Waals surface area contributed by atoms with Gasteiger partial charge in [-0.15, -0.1) is 0 Å². The Labute approximate surface area is 249 Å². The van der Waals surface area contributed by atoms with Gasteiger partial charge in [-0.1, -0.05) is 103 Å². The average Bonchev–Trinajstić information content (AvgIpc) is 3.42. The molecule has 2 nitrogen and oxygen atoms in total. The normalized spacial score (nSPS) is 11.7. The van der Waals surface area contributed by atoms with Gasteiger partial charge in [0, 0.05) is 34.2 Å². The van der Waals surface area contributed by atoms with Crippen molar-refractivity contribution in [1.82, 2.24) is 9.55 Å². The summed E-state index contributed by atoms with van der Waals surface area (Å²) >= 11 is 0. The van der Waals surface area contributed by atoms with Gasteiger partial charge >= 0.3 is 0 Å². The van der Waals surface area contributed by atoms with Crippen LogP contribution >= 0.6 is 0 Å². The van der Waals surface area contributed by atoms with E-state index < -0.39 is 0 Å². The molecule has 0 aliphatic rings. The molecule has 0 spiro atoms. The van der Waals surface area contributed by atoms with Crippen molar-refractivity contribution in [3.8, 4) is 27.9 Å². The first kappa shape index (κ1) is 23.9. The van der Waals surface area contributed by atoms with Crippen molar-refractivity contribution >= 4 is 54.1 Å². The summed E-state index contributed by atoms with van der Waals surface area (Å²) in [4.78, 5) is 4.21. The maximum Gasteiger partial charge on any atom is 0.0619 e. The Morgan fingerprint density at radius 3 is 1.72 bits per heavy atom. The first-order chi connectivity index (χ1) is 21.3. The summed E-state index contributed by atoms with van der Waals surface area (Å²) in [6.45, 7) is 0. The van der Waals surface area contributed by atoms with Gasteiger partial charge in [0.2, 0.25) is 0 Å². The predicted octanol–water partition coefficient (Wildman–Crippen LogP) is 11.0. The van der Waals surface area contributed by atoms with Crippen molar-refractivity contribution in [3.05, 3.63) is 158 Å². The molecule has 0 atom stereocenters. The molecule has 9 aromatic rings. The lowest BCUT2D eigenvalue weighted by atomic mass is 9.99. The van der Waals surface area contributed by atoms with Crippen LogP contribution in [0.3, 0.4) is 0 Å². The highest BCUT2D eigenvalue weighted by atomic mass is 15.0. The van der Waals surface area contributed by atoms with Crippen LogP contribution in [0.15, 0.2) is 158 Å². The topological polar surface area (TPSA) is 17.8 Å². The van der Waals surface area contributed by atoms with Gasteiger partial charge in [-0.05, 0) is 91.6 Å². The van der Waals surface area contributed by atoms with Gasteiger partial charge in [-0.25, -0.2) is 0 Å². The van der Waals surface area contributed by atoms with Crippen LogP contribution in [0.1, 0.15) is 0 Å². The van der Waals surface area contributed by atoms with Crippen molar-refractivity contribution in [2.24, 2.45) is 0 Å². The molecule has 0 amide bonds. The lowest BCUT2D eigenvalue weighted by Crippen LogP contribution is -1.95. The average molecular weight is 547 g/mol. The second-order valence-corrected chi connectivity index (χ2v) is 11.3. The molecule has 0 radical (unpaired) electrons. The zero-order valence-electron chi connectivity index (χ0n) is 23.4. The Hall–Kier alpha value is -5.73. The van der Waals surface area contributed by atoms with Gasteiger partial charge in [0.1, 0.15) is 0 Å². The Morgan fingerprint density at radius 2 is 0.930 bits per heavy atom. The Balaban J connectivity index is 1.35. The van der Waals surface area contributed by atoms with E-state index in [4.69, 9.17) is 0 Å². The number of hydrogen-bond donors (Lipinski definition) is 0. The first-order valence-electron chi connectivity index (χ1n) is 14.7. The molecule has 9 rings (SSSR count). The third kappa shape index (κ3) is 3.84. The molecule has 0 bridgehead atoms. The molecule has 0 fully saturated rings. The minimum absolute atomic E-state index is 1.17. The van der Waals surface area contributed by atoms with E-state index in [0.717, 1.165) is 0 Å². The number of rotatable bonds is 3. The maximum atomic E-state index is 4.21. The summed E-state index contributed by atoms with van der Waals surface area (Å²) in [5, 5.41) is 9.98. The molecule has 0 aliphatic heterocycles. The second-order valence-electron chi connectivity index (χ2n) is 11.3. The third-order valence-corrected chi connectivity index (χ3v) is 8.83. The first-order valence-corrected chi connectivity index (χ1v) is 14.7. The van der Waals surface area contributed by atoms with Crippen LogP contribution in [0.2, 0.25) is 0 Å². The van der Waals surface area contributed by atoms with Crippen LogP contribution in [0, 0.1) is 0 Å². The number of hydrogen-bond acceptors (Lipinski definition) is 1. The van der Waals surface area contributed by atoms with Crippen molar-refractivity contribution < 1.29 is 0 Å². The van der Waals surface area contributed by atoms with E-state index in [1.165, 1.54) is 82.1 Å². The second kappa shape index (κ2) is 9.40. The minimum Gasteiger partial charge on any atom is -0.309 e. The van der Waals surface area contributed by atoms with Crippen LogP contribution < -0.4 is 0 Å². The molecule has 0 saturated heterocycles. The van der Waals surface area contributed by atoms with Crippen LogP contribution in [-0.2, 0) is 0 Å². The lowest BCUT2D eigenvalue weighted by molar-refractivity contribution is 1.19. The van der Waals surface area contributed by atoms with Gasteiger partial charge in [0.25, 0.3) is 0 Å². The fourth-order valence-corrected chi connectivity index (χ4v) is 6.69. The number of pyridine rings is 1. The van der Waals surface area contributed by atoms with Crippen molar-refractivity contribution in [1.29, 1.82) is 0 Å². The summed E-state index contributed by atoms with van der Waals surface area (Å²) in [5.41, 5.74) is 8.42. The largest absolute Gasteiger partial charge is 0.309 e. The number of benzene rings is 7. The molecule has 2 heteroatoms. The Morgan fingerprint density at radius 1 is 0.372 bits per heavy atom. The van der Waals surface area contributed by atoms with Crippen LogP contribution in [0.5, 0.6) is 0 Å². The molecule has 0 aliphatic carbocycles. The van der Waals surface area contributed by atoms with E-state index >= 15 is 0 Å². The highest BCUT2D eigenvalue weighted by molar-refractivity contribution is 6.19. The van der Waals surface area contributed by atoms with Gasteiger partial charge in [0.15, 0.2) is 0 Å². The quantitative estimate of drug-likeness (QED) is 0.215. The molecular weight excluding hydrogens is 520 g/mol. The monoisotopic (exact) mass is 546 g/mol. The van der Waals surface area contributed by atoms with Gasteiger partial charge in [-0.3, -0.25) is 4.98 Å². The SMILES string of the molecule is c1ccc2cc(-c3ccc4c5ccc6cc(-c7ccncc7)ccc6c5n(-c5ccc6ccccc6c5)c4c3)ccc2c1.